The van der Waals surface area contributed by atoms with Crippen molar-refractivity contribution in [2.24, 2.45) is 5.73 Å². The number of carboxylic acids is 1. The van der Waals surface area contributed by atoms with E-state index in [1.807, 2.05) is 0 Å². The average Bonchev–Trinajstić information content (AvgIpc) is 2.12. The molecule has 0 aromatic carbocycles. The first kappa shape index (κ1) is 12.8. The average molecular weight is 229 g/mol. The Morgan fingerprint density at radius 3 is 2.56 bits per heavy atom. The van der Waals surface area contributed by atoms with Gasteiger partial charge in [0.25, 0.3) is 0 Å². The quantitative estimate of drug-likeness (QED) is 0.462. The maximum absolute atomic E-state index is 10.9. The van der Waals surface area contributed by atoms with Crippen molar-refractivity contribution in [1.29, 1.82) is 0 Å². The molecule has 16 heavy (non-hydrogen) atoms. The van der Waals surface area contributed by atoms with Gasteiger partial charge < -0.3 is 21.5 Å². The lowest BCUT2D eigenvalue weighted by atomic mass is 9.92. The van der Waals surface area contributed by atoms with E-state index in [2.05, 4.69) is 10.6 Å². The third-order valence-corrected chi connectivity index (χ3v) is 2.81. The molecule has 1 aliphatic rings. The van der Waals surface area contributed by atoms with Gasteiger partial charge in [-0.3, -0.25) is 4.79 Å². The largest absolute Gasteiger partial charge is 0.480 e. The molecule has 1 fully saturated rings. The third-order valence-electron chi connectivity index (χ3n) is 2.81. The summed E-state index contributed by atoms with van der Waals surface area (Å²) in [4.78, 5) is 21.3. The van der Waals surface area contributed by atoms with E-state index < -0.39 is 18.0 Å². The summed E-state index contributed by atoms with van der Waals surface area (Å²) in [5, 5.41) is 14.5. The molecule has 0 aliphatic heterocycles. The van der Waals surface area contributed by atoms with Crippen LogP contribution >= 0.6 is 0 Å². The molecule has 0 aromatic heterocycles. The smallest absolute Gasteiger partial charge is 0.320 e. The summed E-state index contributed by atoms with van der Waals surface area (Å²) >= 11 is 0. The van der Waals surface area contributed by atoms with Crippen LogP contribution in [0.2, 0.25) is 0 Å². The minimum Gasteiger partial charge on any atom is -0.480 e. The molecular formula is C10H19N3O3. The number of amides is 2. The van der Waals surface area contributed by atoms with Gasteiger partial charge in [0.05, 0.1) is 0 Å². The van der Waals surface area contributed by atoms with Crippen molar-refractivity contribution < 1.29 is 14.7 Å². The summed E-state index contributed by atoms with van der Waals surface area (Å²) in [7, 11) is 0. The summed E-state index contributed by atoms with van der Waals surface area (Å²) in [5.74, 6) is -0.828. The zero-order valence-electron chi connectivity index (χ0n) is 9.24. The van der Waals surface area contributed by atoms with Crippen LogP contribution in [0.15, 0.2) is 0 Å². The number of urea groups is 1. The van der Waals surface area contributed by atoms with Gasteiger partial charge in [0.1, 0.15) is 6.04 Å². The first-order valence-corrected chi connectivity index (χ1v) is 5.61. The molecule has 0 aromatic rings. The van der Waals surface area contributed by atoms with Gasteiger partial charge in [-0.1, -0.05) is 6.42 Å². The number of nitrogens with one attached hydrogen (secondary N) is 2. The van der Waals surface area contributed by atoms with Crippen LogP contribution in [0, 0.1) is 0 Å². The molecule has 0 radical (unpaired) electrons. The molecule has 92 valence electrons. The van der Waals surface area contributed by atoms with E-state index in [1.54, 1.807) is 0 Å². The van der Waals surface area contributed by atoms with E-state index in [9.17, 15) is 9.59 Å². The summed E-state index contributed by atoms with van der Waals surface area (Å²) in [5.41, 5.74) is 4.90. The van der Waals surface area contributed by atoms with Crippen molar-refractivity contribution in [2.45, 2.75) is 44.2 Å². The molecule has 0 heterocycles. The fraction of sp³-hybridized carbons (Fsp3) is 0.800. The lowest BCUT2D eigenvalue weighted by Crippen LogP contribution is -2.46. The Hall–Kier alpha value is -1.30. The Labute approximate surface area is 94.6 Å². The molecule has 1 aliphatic carbocycles. The first-order chi connectivity index (χ1) is 7.59. The van der Waals surface area contributed by atoms with E-state index in [0.717, 1.165) is 12.8 Å². The number of nitrogens with two attached hydrogens (primary N) is 1. The standard InChI is InChI=1S/C10H19N3O3/c11-10(16)12-6-2-5-8(9(14)15)13-7-3-1-4-7/h7-8,13H,1-6H2,(H,14,15)(H3,11,12,16)/t8-/m0/s1. The molecule has 0 spiro atoms. The minimum atomic E-state index is -0.828. The third kappa shape index (κ3) is 4.48. The molecule has 2 amide bonds. The Kier molecular flexibility index (Phi) is 5.04. The zero-order valence-corrected chi connectivity index (χ0v) is 9.24. The highest BCUT2D eigenvalue weighted by molar-refractivity contribution is 5.73. The van der Waals surface area contributed by atoms with Crippen molar-refractivity contribution in [3.63, 3.8) is 0 Å². The second kappa shape index (κ2) is 6.32. The monoisotopic (exact) mass is 229 g/mol. The van der Waals surface area contributed by atoms with Crippen molar-refractivity contribution in [1.82, 2.24) is 10.6 Å². The SMILES string of the molecule is NC(=O)NCCC[C@H](NC1CCC1)C(=O)O. The first-order valence-electron chi connectivity index (χ1n) is 5.61. The summed E-state index contributed by atoms with van der Waals surface area (Å²) < 4.78 is 0. The second-order valence-corrected chi connectivity index (χ2v) is 4.12. The van der Waals surface area contributed by atoms with Crippen LogP contribution in [0.4, 0.5) is 4.79 Å². The van der Waals surface area contributed by atoms with E-state index in [4.69, 9.17) is 10.8 Å². The van der Waals surface area contributed by atoms with E-state index in [0.29, 0.717) is 25.4 Å². The Bertz CT molecular complexity index is 254. The van der Waals surface area contributed by atoms with Crippen LogP contribution in [-0.4, -0.2) is 35.7 Å². The molecule has 6 nitrogen and oxygen atoms in total. The predicted molar refractivity (Wildman–Crippen MR) is 59.0 cm³/mol. The van der Waals surface area contributed by atoms with Crippen LogP contribution in [0.25, 0.3) is 0 Å². The van der Waals surface area contributed by atoms with Gasteiger partial charge in [-0.2, -0.15) is 0 Å². The zero-order chi connectivity index (χ0) is 12.0. The van der Waals surface area contributed by atoms with Gasteiger partial charge in [-0.25, -0.2) is 4.79 Å². The second-order valence-electron chi connectivity index (χ2n) is 4.12. The number of carbonyl (C=O) groups excluding carboxylic acids is 1. The van der Waals surface area contributed by atoms with Crippen LogP contribution in [-0.2, 0) is 4.79 Å². The highest BCUT2D eigenvalue weighted by Crippen LogP contribution is 2.19. The Balaban J connectivity index is 2.17. The van der Waals surface area contributed by atoms with Crippen LogP contribution in [0.5, 0.6) is 0 Å². The molecule has 1 atom stereocenters. The lowest BCUT2D eigenvalue weighted by Gasteiger charge is -2.29. The van der Waals surface area contributed by atoms with Crippen molar-refractivity contribution in [2.75, 3.05) is 6.54 Å². The maximum Gasteiger partial charge on any atom is 0.320 e. The number of hydrogen-bond donors (Lipinski definition) is 4. The maximum atomic E-state index is 10.9. The van der Waals surface area contributed by atoms with Gasteiger partial charge >= 0.3 is 12.0 Å². The molecule has 1 rings (SSSR count). The molecule has 5 N–H and O–H groups in total. The molecular weight excluding hydrogens is 210 g/mol. The van der Waals surface area contributed by atoms with Gasteiger partial charge in [-0.15, -0.1) is 0 Å². The van der Waals surface area contributed by atoms with Gasteiger partial charge in [0, 0.05) is 12.6 Å². The molecule has 0 saturated heterocycles. The van der Waals surface area contributed by atoms with Gasteiger partial charge in [0.2, 0.25) is 0 Å². The predicted octanol–water partition coefficient (Wildman–Crippen LogP) is 0.0302. The molecule has 1 saturated carbocycles. The normalized spacial score (nSPS) is 17.5. The number of aliphatic carboxylic acids is 1. The lowest BCUT2D eigenvalue weighted by molar-refractivity contribution is -0.140. The van der Waals surface area contributed by atoms with Crippen LogP contribution in [0.3, 0.4) is 0 Å². The number of hydrogen-bond acceptors (Lipinski definition) is 3. The minimum absolute atomic E-state index is 0.352. The highest BCUT2D eigenvalue weighted by Gasteiger charge is 2.24. The summed E-state index contributed by atoms with van der Waals surface area (Å²) in [6, 6.07) is -0.732. The summed E-state index contributed by atoms with van der Waals surface area (Å²) in [6.07, 6.45) is 4.41. The molecule has 0 unspecified atom stereocenters. The summed E-state index contributed by atoms with van der Waals surface area (Å²) in [6.45, 7) is 0.422. The van der Waals surface area contributed by atoms with Gasteiger partial charge in [-0.05, 0) is 25.7 Å². The van der Waals surface area contributed by atoms with Crippen molar-refractivity contribution in [3.8, 4) is 0 Å². The topological polar surface area (TPSA) is 104 Å². The number of primary amides is 1. The number of carbonyl (C=O) groups is 2. The van der Waals surface area contributed by atoms with Crippen LogP contribution < -0.4 is 16.4 Å². The van der Waals surface area contributed by atoms with Gasteiger partial charge in [0.15, 0.2) is 0 Å². The van der Waals surface area contributed by atoms with E-state index >= 15 is 0 Å². The Morgan fingerprint density at radius 1 is 1.44 bits per heavy atom. The fourth-order valence-corrected chi connectivity index (χ4v) is 1.66. The van der Waals surface area contributed by atoms with E-state index in [-0.39, 0.29) is 0 Å². The molecule has 6 heteroatoms. The fourth-order valence-electron chi connectivity index (χ4n) is 1.66. The van der Waals surface area contributed by atoms with Crippen molar-refractivity contribution in [3.05, 3.63) is 0 Å². The number of rotatable bonds is 7. The van der Waals surface area contributed by atoms with Crippen molar-refractivity contribution >= 4 is 12.0 Å². The van der Waals surface area contributed by atoms with Crippen LogP contribution in [0.1, 0.15) is 32.1 Å². The highest BCUT2D eigenvalue weighted by atomic mass is 16.4. The number of carboxylic acid groups (broad SMARTS) is 1. The molecule has 0 bridgehead atoms. The Morgan fingerprint density at radius 2 is 2.12 bits per heavy atom. The van der Waals surface area contributed by atoms with E-state index in [1.165, 1.54) is 6.42 Å².